The van der Waals surface area contributed by atoms with Crippen LogP contribution < -0.4 is 10.6 Å². The molecule has 0 radical (unpaired) electrons. The number of nitrogens with one attached hydrogen (secondary N) is 2. The SMILES string of the molecule is CNC1CCC(CSN2CCC(NC(=O)c3cc(C4CC4)on3)CC2C)C1. The molecule has 27 heavy (non-hydrogen) atoms. The second kappa shape index (κ2) is 8.53. The van der Waals surface area contributed by atoms with Gasteiger partial charge < -0.3 is 15.2 Å². The van der Waals surface area contributed by atoms with Crippen molar-refractivity contribution in [2.24, 2.45) is 5.92 Å². The maximum atomic E-state index is 12.5. The third kappa shape index (κ3) is 4.87. The van der Waals surface area contributed by atoms with Gasteiger partial charge >= 0.3 is 0 Å². The van der Waals surface area contributed by atoms with Crippen molar-refractivity contribution in [3.8, 4) is 0 Å². The molecule has 2 heterocycles. The van der Waals surface area contributed by atoms with E-state index in [-0.39, 0.29) is 11.9 Å². The highest BCUT2D eigenvalue weighted by Gasteiger charge is 2.31. The second-order valence-corrected chi connectivity index (χ2v) is 9.59. The maximum absolute atomic E-state index is 12.5. The molecule has 1 amide bonds. The monoisotopic (exact) mass is 392 g/mol. The number of hydrogen-bond donors (Lipinski definition) is 2. The molecule has 3 fully saturated rings. The number of hydrogen-bond acceptors (Lipinski definition) is 6. The highest BCUT2D eigenvalue weighted by atomic mass is 32.2. The molecule has 2 N–H and O–H groups in total. The van der Waals surface area contributed by atoms with E-state index in [0.29, 0.717) is 23.7 Å². The molecule has 2 saturated carbocycles. The van der Waals surface area contributed by atoms with Gasteiger partial charge in [0.1, 0.15) is 5.76 Å². The van der Waals surface area contributed by atoms with E-state index in [0.717, 1.165) is 43.9 Å². The van der Waals surface area contributed by atoms with Gasteiger partial charge in [-0.25, -0.2) is 4.31 Å². The van der Waals surface area contributed by atoms with Gasteiger partial charge in [-0.05, 0) is 64.8 Å². The van der Waals surface area contributed by atoms with E-state index in [1.807, 2.05) is 18.0 Å². The second-order valence-electron chi connectivity index (χ2n) is 8.53. The summed E-state index contributed by atoms with van der Waals surface area (Å²) < 4.78 is 7.83. The van der Waals surface area contributed by atoms with E-state index >= 15 is 0 Å². The smallest absolute Gasteiger partial charge is 0.273 e. The Balaban J connectivity index is 1.20. The van der Waals surface area contributed by atoms with Gasteiger partial charge in [0.05, 0.1) is 0 Å². The van der Waals surface area contributed by atoms with Crippen molar-refractivity contribution in [1.82, 2.24) is 20.1 Å². The minimum atomic E-state index is -0.0898. The van der Waals surface area contributed by atoms with Crippen LogP contribution in [-0.4, -0.2) is 52.8 Å². The summed E-state index contributed by atoms with van der Waals surface area (Å²) in [5.41, 5.74) is 0.432. The molecule has 2 aliphatic carbocycles. The maximum Gasteiger partial charge on any atom is 0.273 e. The first-order valence-corrected chi connectivity index (χ1v) is 11.4. The van der Waals surface area contributed by atoms with Crippen LogP contribution in [0, 0.1) is 5.92 Å². The van der Waals surface area contributed by atoms with Gasteiger partial charge in [-0.3, -0.25) is 4.79 Å². The Labute approximate surface area is 166 Å². The molecular formula is C20H32N4O2S. The van der Waals surface area contributed by atoms with Gasteiger partial charge in [0.2, 0.25) is 0 Å². The Morgan fingerprint density at radius 2 is 2.11 bits per heavy atom. The molecule has 0 bridgehead atoms. The molecule has 6 nitrogen and oxygen atoms in total. The fourth-order valence-electron chi connectivity index (χ4n) is 4.38. The predicted octanol–water partition coefficient (Wildman–Crippen LogP) is 3.17. The summed E-state index contributed by atoms with van der Waals surface area (Å²) in [6.45, 7) is 3.31. The minimum absolute atomic E-state index is 0.0898. The van der Waals surface area contributed by atoms with Gasteiger partial charge in [-0.15, -0.1) is 0 Å². The molecule has 4 atom stereocenters. The fraction of sp³-hybridized carbons (Fsp3) is 0.800. The highest BCUT2D eigenvalue weighted by molar-refractivity contribution is 7.97. The first kappa shape index (κ1) is 19.3. The number of aromatic nitrogens is 1. The molecule has 1 aromatic rings. The van der Waals surface area contributed by atoms with Crippen molar-refractivity contribution in [2.75, 3.05) is 19.3 Å². The molecule has 1 saturated heterocycles. The summed E-state index contributed by atoms with van der Waals surface area (Å²) in [5, 5.41) is 10.5. The molecule has 4 rings (SSSR count). The Morgan fingerprint density at radius 3 is 2.81 bits per heavy atom. The van der Waals surface area contributed by atoms with Gasteiger partial charge in [-0.2, -0.15) is 0 Å². The van der Waals surface area contributed by atoms with E-state index < -0.39 is 0 Å². The van der Waals surface area contributed by atoms with Crippen LogP contribution in [0.3, 0.4) is 0 Å². The minimum Gasteiger partial charge on any atom is -0.360 e. The molecule has 4 unspecified atom stereocenters. The Bertz CT molecular complexity index is 648. The summed E-state index contributed by atoms with van der Waals surface area (Å²) in [5.74, 6) is 3.33. The van der Waals surface area contributed by atoms with Crippen molar-refractivity contribution in [1.29, 1.82) is 0 Å². The zero-order valence-electron chi connectivity index (χ0n) is 16.4. The van der Waals surface area contributed by atoms with Gasteiger partial charge in [0.25, 0.3) is 5.91 Å². The summed E-state index contributed by atoms with van der Waals surface area (Å²) >= 11 is 2.01. The van der Waals surface area contributed by atoms with Crippen LogP contribution in [0.4, 0.5) is 0 Å². The predicted molar refractivity (Wildman–Crippen MR) is 108 cm³/mol. The largest absolute Gasteiger partial charge is 0.360 e. The zero-order valence-corrected chi connectivity index (χ0v) is 17.3. The van der Waals surface area contributed by atoms with Crippen LogP contribution >= 0.6 is 11.9 Å². The van der Waals surface area contributed by atoms with Crippen LogP contribution in [0.15, 0.2) is 10.6 Å². The van der Waals surface area contributed by atoms with Crippen LogP contribution in [-0.2, 0) is 0 Å². The van der Waals surface area contributed by atoms with Crippen molar-refractivity contribution in [3.05, 3.63) is 17.5 Å². The topological polar surface area (TPSA) is 70.4 Å². The van der Waals surface area contributed by atoms with E-state index in [2.05, 4.69) is 34.1 Å². The lowest BCUT2D eigenvalue weighted by Crippen LogP contribution is -2.46. The first-order valence-electron chi connectivity index (χ1n) is 10.5. The van der Waals surface area contributed by atoms with E-state index in [1.54, 1.807) is 0 Å². The van der Waals surface area contributed by atoms with Gasteiger partial charge in [-0.1, -0.05) is 17.1 Å². The number of amides is 1. The number of nitrogens with zero attached hydrogens (tertiary/aromatic N) is 2. The molecule has 150 valence electrons. The van der Waals surface area contributed by atoms with Gasteiger partial charge in [0, 0.05) is 42.4 Å². The lowest BCUT2D eigenvalue weighted by atomic mass is 10.0. The molecule has 0 aromatic carbocycles. The first-order chi connectivity index (χ1) is 13.1. The van der Waals surface area contributed by atoms with E-state index in [9.17, 15) is 4.79 Å². The molecule has 0 spiro atoms. The normalized spacial score (nSPS) is 31.9. The lowest BCUT2D eigenvalue weighted by Gasteiger charge is -2.37. The van der Waals surface area contributed by atoms with Crippen LogP contribution in [0.5, 0.6) is 0 Å². The summed E-state index contributed by atoms with van der Waals surface area (Å²) in [6, 6.07) is 3.24. The molecule has 1 aliphatic heterocycles. The summed E-state index contributed by atoms with van der Waals surface area (Å²) in [6.07, 6.45) is 8.28. The lowest BCUT2D eigenvalue weighted by molar-refractivity contribution is 0.0906. The van der Waals surface area contributed by atoms with Crippen LogP contribution in [0.25, 0.3) is 0 Å². The fourth-order valence-corrected chi connectivity index (χ4v) is 5.66. The Hall–Kier alpha value is -1.05. The number of carbonyl (C=O) groups is 1. The number of rotatable bonds is 7. The summed E-state index contributed by atoms with van der Waals surface area (Å²) in [7, 11) is 2.08. The molecule has 7 heteroatoms. The Morgan fingerprint density at radius 1 is 1.26 bits per heavy atom. The molecule has 1 aromatic heterocycles. The van der Waals surface area contributed by atoms with Gasteiger partial charge in [0.15, 0.2) is 5.69 Å². The van der Waals surface area contributed by atoms with E-state index in [1.165, 1.54) is 25.0 Å². The highest BCUT2D eigenvalue weighted by Crippen LogP contribution is 2.40. The average molecular weight is 393 g/mol. The third-order valence-electron chi connectivity index (χ3n) is 6.32. The van der Waals surface area contributed by atoms with Crippen molar-refractivity contribution in [2.45, 2.75) is 75.9 Å². The van der Waals surface area contributed by atoms with Crippen LogP contribution in [0.1, 0.15) is 74.0 Å². The Kier molecular flexibility index (Phi) is 6.09. The molecule has 3 aliphatic rings. The number of carbonyl (C=O) groups excluding carboxylic acids is 1. The van der Waals surface area contributed by atoms with Crippen LogP contribution in [0.2, 0.25) is 0 Å². The number of piperidine rings is 1. The van der Waals surface area contributed by atoms with Crippen molar-refractivity contribution >= 4 is 17.9 Å². The summed E-state index contributed by atoms with van der Waals surface area (Å²) in [4.78, 5) is 12.5. The zero-order chi connectivity index (χ0) is 18.8. The quantitative estimate of drug-likeness (QED) is 0.695. The average Bonchev–Trinajstić information content (AvgIpc) is 3.20. The van der Waals surface area contributed by atoms with Crippen molar-refractivity contribution < 1.29 is 9.32 Å². The van der Waals surface area contributed by atoms with E-state index in [4.69, 9.17) is 4.52 Å². The standard InChI is InChI=1S/C20H32N4O2S/c1-13-9-17(22-20(25)18-11-19(26-23-18)15-4-5-15)7-8-24(13)27-12-14-3-6-16(10-14)21-2/h11,13-17,21H,3-10,12H2,1-2H3,(H,22,25). The molecular weight excluding hydrogens is 360 g/mol. The van der Waals surface area contributed by atoms with Crippen molar-refractivity contribution in [3.63, 3.8) is 0 Å². The third-order valence-corrected chi connectivity index (χ3v) is 7.81.